The number of hydrogen-bond donors (Lipinski definition) is 1. The Morgan fingerprint density at radius 1 is 1.45 bits per heavy atom. The molecule has 0 aliphatic rings. The number of carbonyl (C=O) groups is 2. The number of nitrogens with zero attached hydrogens (tertiary/aromatic N) is 1. The lowest BCUT2D eigenvalue weighted by molar-refractivity contribution is -0.384. The van der Waals surface area contributed by atoms with Crippen LogP contribution in [0.25, 0.3) is 0 Å². The van der Waals surface area contributed by atoms with Crippen molar-refractivity contribution in [3.63, 3.8) is 0 Å². The number of benzene rings is 1. The first kappa shape index (κ1) is 15.9. The molecular formula is C12H13ClN2O5. The van der Waals surface area contributed by atoms with Crippen molar-refractivity contribution in [2.24, 2.45) is 0 Å². The molecule has 8 heteroatoms. The Morgan fingerprint density at radius 3 is 2.75 bits per heavy atom. The minimum absolute atomic E-state index is 0.0268. The molecule has 0 bridgehead atoms. The van der Waals surface area contributed by atoms with Crippen molar-refractivity contribution in [1.29, 1.82) is 0 Å². The Morgan fingerprint density at radius 2 is 2.15 bits per heavy atom. The van der Waals surface area contributed by atoms with Gasteiger partial charge in [-0.15, -0.1) is 0 Å². The second-order valence-electron chi connectivity index (χ2n) is 3.83. The molecule has 108 valence electrons. The highest BCUT2D eigenvalue weighted by Gasteiger charge is 2.19. The first-order valence-electron chi connectivity index (χ1n) is 5.75. The number of rotatable bonds is 6. The number of amides is 1. The van der Waals surface area contributed by atoms with Crippen LogP contribution in [0, 0.1) is 10.1 Å². The van der Waals surface area contributed by atoms with Gasteiger partial charge < -0.3 is 10.1 Å². The van der Waals surface area contributed by atoms with E-state index in [-0.39, 0.29) is 35.2 Å². The summed E-state index contributed by atoms with van der Waals surface area (Å²) in [5, 5.41) is 13.0. The SMILES string of the molecule is COC(=O)CCCNC(=O)c1cccc([N+](=O)[O-])c1Cl. The van der Waals surface area contributed by atoms with Crippen LogP contribution in [0.5, 0.6) is 0 Å². The van der Waals surface area contributed by atoms with Crippen molar-refractivity contribution in [3.8, 4) is 0 Å². The van der Waals surface area contributed by atoms with E-state index in [0.29, 0.717) is 6.42 Å². The molecule has 1 rings (SSSR count). The lowest BCUT2D eigenvalue weighted by atomic mass is 10.2. The molecule has 0 heterocycles. The molecular weight excluding hydrogens is 288 g/mol. The highest BCUT2D eigenvalue weighted by atomic mass is 35.5. The maximum atomic E-state index is 11.8. The van der Waals surface area contributed by atoms with Crippen molar-refractivity contribution in [2.75, 3.05) is 13.7 Å². The average molecular weight is 301 g/mol. The van der Waals surface area contributed by atoms with E-state index in [0.717, 1.165) is 0 Å². The maximum absolute atomic E-state index is 11.8. The summed E-state index contributed by atoms with van der Waals surface area (Å²) in [5.74, 6) is -0.892. The van der Waals surface area contributed by atoms with Gasteiger partial charge in [0.2, 0.25) is 0 Å². The lowest BCUT2D eigenvalue weighted by Gasteiger charge is -2.06. The largest absolute Gasteiger partial charge is 0.469 e. The summed E-state index contributed by atoms with van der Waals surface area (Å²) in [6.45, 7) is 0.243. The van der Waals surface area contributed by atoms with Gasteiger partial charge in [-0.2, -0.15) is 0 Å². The maximum Gasteiger partial charge on any atom is 0.305 e. The summed E-state index contributed by atoms with van der Waals surface area (Å²) < 4.78 is 4.46. The molecule has 0 aliphatic heterocycles. The zero-order chi connectivity index (χ0) is 15.1. The molecule has 0 spiro atoms. The molecule has 0 atom stereocenters. The number of esters is 1. The van der Waals surface area contributed by atoms with Crippen molar-refractivity contribution < 1.29 is 19.2 Å². The molecule has 7 nitrogen and oxygen atoms in total. The Balaban J connectivity index is 2.62. The Hall–Kier alpha value is -2.15. The van der Waals surface area contributed by atoms with Gasteiger partial charge in [0.05, 0.1) is 17.6 Å². The molecule has 0 aliphatic carbocycles. The fourth-order valence-electron chi connectivity index (χ4n) is 1.47. The van der Waals surface area contributed by atoms with Crippen molar-refractivity contribution in [3.05, 3.63) is 38.9 Å². The minimum Gasteiger partial charge on any atom is -0.469 e. The summed E-state index contributed by atoms with van der Waals surface area (Å²) in [4.78, 5) is 32.7. The van der Waals surface area contributed by atoms with Crippen molar-refractivity contribution >= 4 is 29.2 Å². The van der Waals surface area contributed by atoms with Crippen LogP contribution in [0.2, 0.25) is 5.02 Å². The summed E-state index contributed by atoms with van der Waals surface area (Å²) in [7, 11) is 1.28. The fraction of sp³-hybridized carbons (Fsp3) is 0.333. The van der Waals surface area contributed by atoms with Gasteiger partial charge in [-0.3, -0.25) is 19.7 Å². The number of carbonyl (C=O) groups excluding carboxylic acids is 2. The Bertz CT molecular complexity index is 533. The molecule has 0 radical (unpaired) electrons. The third kappa shape index (κ3) is 4.20. The van der Waals surface area contributed by atoms with E-state index in [1.165, 1.54) is 25.3 Å². The van der Waals surface area contributed by atoms with E-state index in [4.69, 9.17) is 11.6 Å². The van der Waals surface area contributed by atoms with Gasteiger partial charge in [-0.1, -0.05) is 17.7 Å². The van der Waals surface area contributed by atoms with E-state index in [1.807, 2.05) is 0 Å². The van der Waals surface area contributed by atoms with Crippen LogP contribution in [0.15, 0.2) is 18.2 Å². The van der Waals surface area contributed by atoms with Crippen LogP contribution in [0.1, 0.15) is 23.2 Å². The second kappa shape index (κ2) is 7.44. The van der Waals surface area contributed by atoms with Crippen LogP contribution in [0.4, 0.5) is 5.69 Å². The van der Waals surface area contributed by atoms with Crippen molar-refractivity contribution in [2.45, 2.75) is 12.8 Å². The smallest absolute Gasteiger partial charge is 0.305 e. The number of nitro groups is 1. The number of hydrogen-bond acceptors (Lipinski definition) is 5. The fourth-order valence-corrected chi connectivity index (χ4v) is 1.75. The summed E-state index contributed by atoms with van der Waals surface area (Å²) in [6.07, 6.45) is 0.588. The molecule has 20 heavy (non-hydrogen) atoms. The zero-order valence-corrected chi connectivity index (χ0v) is 11.5. The van der Waals surface area contributed by atoms with Crippen LogP contribution in [-0.2, 0) is 9.53 Å². The van der Waals surface area contributed by atoms with Crippen LogP contribution >= 0.6 is 11.6 Å². The molecule has 0 fully saturated rings. The number of halogens is 1. The van der Waals surface area contributed by atoms with Crippen LogP contribution < -0.4 is 5.32 Å². The number of nitrogens with one attached hydrogen (secondary N) is 1. The first-order chi connectivity index (χ1) is 9.47. The van der Waals surface area contributed by atoms with Gasteiger partial charge in [0.25, 0.3) is 11.6 Å². The first-order valence-corrected chi connectivity index (χ1v) is 6.13. The highest BCUT2D eigenvalue weighted by Crippen LogP contribution is 2.27. The summed E-state index contributed by atoms with van der Waals surface area (Å²) >= 11 is 5.81. The standard InChI is InChI=1S/C12H13ClN2O5/c1-20-10(16)6-3-7-14-12(17)8-4-2-5-9(11(8)13)15(18)19/h2,4-5H,3,6-7H2,1H3,(H,14,17). The van der Waals surface area contributed by atoms with Gasteiger partial charge >= 0.3 is 5.97 Å². The van der Waals surface area contributed by atoms with E-state index in [9.17, 15) is 19.7 Å². The average Bonchev–Trinajstić information content (AvgIpc) is 2.42. The van der Waals surface area contributed by atoms with Crippen LogP contribution in [0.3, 0.4) is 0 Å². The van der Waals surface area contributed by atoms with Gasteiger partial charge in [0, 0.05) is 19.0 Å². The number of methoxy groups -OCH3 is 1. The van der Waals surface area contributed by atoms with Gasteiger partial charge in [0.1, 0.15) is 5.02 Å². The summed E-state index contributed by atoms with van der Waals surface area (Å²) in [5.41, 5.74) is -0.298. The molecule has 0 unspecified atom stereocenters. The molecule has 1 aromatic rings. The molecule has 1 N–H and O–H groups in total. The van der Waals surface area contributed by atoms with Gasteiger partial charge in [-0.05, 0) is 12.5 Å². The van der Waals surface area contributed by atoms with Crippen molar-refractivity contribution in [1.82, 2.24) is 5.32 Å². The van der Waals surface area contributed by atoms with Crippen LogP contribution in [-0.4, -0.2) is 30.5 Å². The zero-order valence-electron chi connectivity index (χ0n) is 10.7. The predicted molar refractivity (Wildman–Crippen MR) is 71.7 cm³/mol. The van der Waals surface area contributed by atoms with E-state index >= 15 is 0 Å². The van der Waals surface area contributed by atoms with E-state index in [2.05, 4.69) is 10.1 Å². The molecule has 0 aromatic heterocycles. The molecule has 1 amide bonds. The number of nitro benzene ring substituents is 1. The predicted octanol–water partition coefficient (Wildman–Crippen LogP) is 1.93. The summed E-state index contributed by atoms with van der Waals surface area (Å²) in [6, 6.07) is 3.99. The molecule has 0 saturated carbocycles. The number of ether oxygens (including phenoxy) is 1. The normalized spacial score (nSPS) is 9.90. The molecule has 1 aromatic carbocycles. The van der Waals surface area contributed by atoms with Gasteiger partial charge in [-0.25, -0.2) is 0 Å². The lowest BCUT2D eigenvalue weighted by Crippen LogP contribution is -2.25. The quantitative estimate of drug-likeness (QED) is 0.374. The second-order valence-corrected chi connectivity index (χ2v) is 4.21. The highest BCUT2D eigenvalue weighted by molar-refractivity contribution is 6.35. The Labute approximate surface area is 120 Å². The van der Waals surface area contributed by atoms with E-state index in [1.54, 1.807) is 0 Å². The molecule has 0 saturated heterocycles. The Kier molecular flexibility index (Phi) is 5.92. The minimum atomic E-state index is -0.656. The third-order valence-corrected chi connectivity index (χ3v) is 2.89. The monoisotopic (exact) mass is 300 g/mol. The van der Waals surface area contributed by atoms with E-state index < -0.39 is 10.8 Å². The third-order valence-electron chi connectivity index (χ3n) is 2.49. The van der Waals surface area contributed by atoms with Gasteiger partial charge in [0.15, 0.2) is 0 Å². The topological polar surface area (TPSA) is 98.5 Å².